The second kappa shape index (κ2) is 10.3. The van der Waals surface area contributed by atoms with Crippen LogP contribution in [0.3, 0.4) is 0 Å². The van der Waals surface area contributed by atoms with Gasteiger partial charge in [-0.15, -0.1) is 0 Å². The topological polar surface area (TPSA) is 104 Å². The largest absolute Gasteiger partial charge is 0.491 e. The van der Waals surface area contributed by atoms with E-state index in [0.717, 1.165) is 22.1 Å². The van der Waals surface area contributed by atoms with Gasteiger partial charge in [0.1, 0.15) is 18.2 Å². The number of benzene rings is 2. The van der Waals surface area contributed by atoms with Crippen molar-refractivity contribution in [3.8, 4) is 5.75 Å². The Morgan fingerprint density at radius 3 is 2.35 bits per heavy atom. The molecule has 2 aliphatic carbocycles. The quantitative estimate of drug-likeness (QED) is 0.383. The number of aliphatic hydroxyl groups is 1. The number of allylic oxidation sites excluding steroid dienone is 2. The molecule has 0 spiro atoms. The fourth-order valence-corrected chi connectivity index (χ4v) is 8.02. The van der Waals surface area contributed by atoms with Gasteiger partial charge >= 0.3 is 0 Å². The number of ether oxygens (including phenoxy) is 1. The molecule has 2 aromatic carbocycles. The molecule has 2 heterocycles. The Morgan fingerprint density at radius 2 is 1.72 bits per heavy atom. The molecular formula is C33H34ClFN2O6. The number of carbonyl (C=O) groups excluding carboxylic acids is 4. The lowest BCUT2D eigenvalue weighted by Crippen LogP contribution is -2.49. The van der Waals surface area contributed by atoms with Gasteiger partial charge in [-0.3, -0.25) is 24.1 Å². The van der Waals surface area contributed by atoms with Gasteiger partial charge in [0.2, 0.25) is 23.6 Å². The summed E-state index contributed by atoms with van der Waals surface area (Å²) >= 11 is 6.06. The molecule has 0 radical (unpaired) electrons. The monoisotopic (exact) mass is 608 g/mol. The molecule has 0 aromatic heterocycles. The molecule has 0 unspecified atom stereocenters. The summed E-state index contributed by atoms with van der Waals surface area (Å²) in [7, 11) is 0. The molecule has 0 bridgehead atoms. The van der Waals surface area contributed by atoms with Crippen LogP contribution in [0.5, 0.6) is 5.75 Å². The predicted octanol–water partition coefficient (Wildman–Crippen LogP) is 4.88. The van der Waals surface area contributed by atoms with Crippen molar-refractivity contribution in [1.29, 1.82) is 0 Å². The third kappa shape index (κ3) is 4.34. The van der Waals surface area contributed by atoms with Crippen molar-refractivity contribution in [3.63, 3.8) is 0 Å². The summed E-state index contributed by atoms with van der Waals surface area (Å²) in [6.07, 6.45) is 2.59. The van der Waals surface area contributed by atoms with Crippen molar-refractivity contribution >= 4 is 40.9 Å². The Labute approximate surface area is 254 Å². The van der Waals surface area contributed by atoms with Crippen LogP contribution in [-0.4, -0.2) is 52.4 Å². The highest BCUT2D eigenvalue weighted by Crippen LogP contribution is 2.63. The lowest BCUT2D eigenvalue weighted by Gasteiger charge is -2.49. The molecule has 4 amide bonds. The maximum atomic E-state index is 14.4. The van der Waals surface area contributed by atoms with Crippen LogP contribution in [-0.2, 0) is 19.2 Å². The van der Waals surface area contributed by atoms with Crippen molar-refractivity contribution in [3.05, 3.63) is 70.5 Å². The molecule has 6 rings (SSSR count). The molecule has 1 saturated carbocycles. The number of amides is 4. The van der Waals surface area contributed by atoms with Gasteiger partial charge in [-0.05, 0) is 82.3 Å². The second-order valence-corrected chi connectivity index (χ2v) is 13.5. The zero-order valence-electron chi connectivity index (χ0n) is 24.5. The van der Waals surface area contributed by atoms with Crippen molar-refractivity contribution in [2.24, 2.45) is 29.1 Å². The first-order valence-corrected chi connectivity index (χ1v) is 14.9. The van der Waals surface area contributed by atoms with Crippen molar-refractivity contribution < 1.29 is 33.4 Å². The van der Waals surface area contributed by atoms with Crippen LogP contribution in [0.1, 0.15) is 52.0 Å². The van der Waals surface area contributed by atoms with E-state index in [4.69, 9.17) is 21.4 Å². The number of halogens is 2. The third-order valence-corrected chi connectivity index (χ3v) is 9.97. The number of nitrogens with zero attached hydrogens (tertiary/aromatic N) is 2. The molecule has 4 aliphatic rings. The molecule has 3 fully saturated rings. The minimum atomic E-state index is -1.23. The van der Waals surface area contributed by atoms with Gasteiger partial charge in [-0.25, -0.2) is 9.29 Å². The number of aliphatic hydroxyl groups excluding tert-OH is 1. The molecular weight excluding hydrogens is 575 g/mol. The molecule has 2 aliphatic heterocycles. The number of hydrogen-bond acceptors (Lipinski definition) is 6. The number of carbonyl (C=O) groups is 4. The summed E-state index contributed by atoms with van der Waals surface area (Å²) in [4.78, 5) is 58.5. The zero-order valence-corrected chi connectivity index (χ0v) is 25.2. The van der Waals surface area contributed by atoms with Crippen LogP contribution in [0.4, 0.5) is 10.1 Å². The Hall–Kier alpha value is -3.56. The summed E-state index contributed by atoms with van der Waals surface area (Å²) in [5, 5.41) is 8.95. The summed E-state index contributed by atoms with van der Waals surface area (Å²) in [5.41, 5.74) is -0.0971. The van der Waals surface area contributed by atoms with Crippen molar-refractivity contribution in [2.45, 2.75) is 52.0 Å². The Kier molecular flexibility index (Phi) is 7.05. The first kappa shape index (κ1) is 29.5. The van der Waals surface area contributed by atoms with E-state index in [1.54, 1.807) is 19.1 Å². The Morgan fingerprint density at radius 1 is 1.02 bits per heavy atom. The third-order valence-electron chi connectivity index (χ3n) is 9.68. The number of hydrogen-bond donors (Lipinski definition) is 1. The van der Waals surface area contributed by atoms with E-state index in [1.165, 1.54) is 17.0 Å². The molecule has 1 N–H and O–H groups in total. The van der Waals surface area contributed by atoms with Crippen LogP contribution in [0.25, 0.3) is 0 Å². The van der Waals surface area contributed by atoms with Gasteiger partial charge in [-0.1, -0.05) is 35.4 Å². The Balaban J connectivity index is 1.49. The van der Waals surface area contributed by atoms with Gasteiger partial charge < -0.3 is 9.84 Å². The predicted molar refractivity (Wildman–Crippen MR) is 157 cm³/mol. The minimum Gasteiger partial charge on any atom is -0.491 e. The number of imide groups is 2. The van der Waals surface area contributed by atoms with Gasteiger partial charge in [0.25, 0.3) is 0 Å². The van der Waals surface area contributed by atoms with E-state index in [-0.39, 0.29) is 42.2 Å². The molecule has 2 aromatic rings. The first-order chi connectivity index (χ1) is 20.3. The molecule has 8 nitrogen and oxygen atoms in total. The number of anilines is 1. The maximum absolute atomic E-state index is 14.4. The van der Waals surface area contributed by atoms with E-state index in [9.17, 15) is 23.6 Å². The summed E-state index contributed by atoms with van der Waals surface area (Å²) in [6.45, 7) is 7.28. The van der Waals surface area contributed by atoms with Gasteiger partial charge in [0.05, 0.1) is 40.5 Å². The minimum absolute atomic E-state index is 0.126. The summed E-state index contributed by atoms with van der Waals surface area (Å²) in [5.74, 6) is -4.40. The lowest BCUT2D eigenvalue weighted by molar-refractivity contribution is -0.145. The SMILES string of the molecule is CC(C)(C)N1C(=O)[C@H]2[C@H](CC=C3[C@H]2C[C@H]2C(=O)N(c4ccc(F)c(Cl)c4)C(=O)[C@@]2(C)[C@H]3c2ccc(OCCO)cc2)C1=O. The molecule has 10 heteroatoms. The fraction of sp³-hybridized carbons (Fsp3) is 0.455. The highest BCUT2D eigenvalue weighted by atomic mass is 35.5. The van der Waals surface area contributed by atoms with E-state index in [1.807, 2.05) is 39.0 Å². The fourth-order valence-electron chi connectivity index (χ4n) is 7.85. The lowest BCUT2D eigenvalue weighted by atomic mass is 9.51. The van der Waals surface area contributed by atoms with E-state index in [0.29, 0.717) is 12.2 Å². The van der Waals surface area contributed by atoms with Crippen LogP contribution in [0.15, 0.2) is 54.1 Å². The average Bonchev–Trinajstić information content (AvgIpc) is 3.33. The van der Waals surface area contributed by atoms with Gasteiger partial charge in [0, 0.05) is 11.5 Å². The van der Waals surface area contributed by atoms with E-state index >= 15 is 0 Å². The van der Waals surface area contributed by atoms with Crippen LogP contribution < -0.4 is 9.64 Å². The molecule has 2 saturated heterocycles. The van der Waals surface area contributed by atoms with Crippen LogP contribution >= 0.6 is 11.6 Å². The second-order valence-electron chi connectivity index (χ2n) is 13.1. The van der Waals surface area contributed by atoms with Gasteiger partial charge in [0.15, 0.2) is 0 Å². The number of likely N-dealkylation sites (tertiary alicyclic amines) is 1. The Bertz CT molecular complexity index is 1570. The van der Waals surface area contributed by atoms with Crippen LogP contribution in [0, 0.1) is 34.9 Å². The van der Waals surface area contributed by atoms with Crippen molar-refractivity contribution in [1.82, 2.24) is 4.90 Å². The first-order valence-electron chi connectivity index (χ1n) is 14.6. The van der Waals surface area contributed by atoms with E-state index in [2.05, 4.69) is 0 Å². The van der Waals surface area contributed by atoms with Crippen LogP contribution in [0.2, 0.25) is 5.02 Å². The average molecular weight is 609 g/mol. The summed E-state index contributed by atoms with van der Waals surface area (Å²) in [6, 6.07) is 11.0. The summed E-state index contributed by atoms with van der Waals surface area (Å²) < 4.78 is 19.6. The standard InChI is InChI=1S/C33H34ClFN2O6/c1-32(2,3)37-28(39)21-11-10-20-22(26(21)30(37)41)16-23-29(40)36(18-7-12-25(35)24(34)15-18)31(42)33(23,4)27(20)17-5-8-19(9-6-17)43-14-13-38/h5-10,12,15,21-23,26-27,38H,11,13-14,16H2,1-4H3/t21-,22+,23-,26-,27-,33+/m0/s1. The highest BCUT2D eigenvalue weighted by molar-refractivity contribution is 6.31. The normalized spacial score (nSPS) is 30.3. The van der Waals surface area contributed by atoms with E-state index < -0.39 is 58.2 Å². The maximum Gasteiger partial charge on any atom is 0.241 e. The molecule has 6 atom stereocenters. The van der Waals surface area contributed by atoms with Gasteiger partial charge in [-0.2, -0.15) is 0 Å². The number of rotatable bonds is 5. The highest BCUT2D eigenvalue weighted by Gasteiger charge is 2.68. The molecule has 226 valence electrons. The smallest absolute Gasteiger partial charge is 0.241 e. The zero-order chi connectivity index (χ0) is 31.0. The van der Waals surface area contributed by atoms with Crippen molar-refractivity contribution in [2.75, 3.05) is 18.1 Å². The molecule has 43 heavy (non-hydrogen) atoms. The number of fused-ring (bicyclic) bond motifs is 4.